The number of halogens is 1. The van der Waals surface area contributed by atoms with Crippen LogP contribution in [0.25, 0.3) is 0 Å². The lowest BCUT2D eigenvalue weighted by Gasteiger charge is -2.31. The summed E-state index contributed by atoms with van der Waals surface area (Å²) in [6.45, 7) is 15.3. The highest BCUT2D eigenvalue weighted by Crippen LogP contribution is 2.58. The van der Waals surface area contributed by atoms with Crippen molar-refractivity contribution in [2.45, 2.75) is 79.1 Å². The van der Waals surface area contributed by atoms with E-state index in [9.17, 15) is 14.2 Å². The third kappa shape index (κ3) is 9.35. The summed E-state index contributed by atoms with van der Waals surface area (Å²) in [6, 6.07) is -0.331. The fourth-order valence-electron chi connectivity index (χ4n) is 2.66. The Kier molecular flexibility index (Phi) is 8.39. The minimum atomic E-state index is -3.98. The summed E-state index contributed by atoms with van der Waals surface area (Å²) in [5.41, 5.74) is -2.32. The highest BCUT2D eigenvalue weighted by atomic mass is 35.5. The maximum absolute atomic E-state index is 13.2. The number of ether oxygens (including phenoxy) is 2. The Morgan fingerprint density at radius 1 is 0.828 bits per heavy atom. The van der Waals surface area contributed by atoms with Gasteiger partial charge in [-0.2, -0.15) is 0 Å². The summed E-state index contributed by atoms with van der Waals surface area (Å²) < 4.78 is 40.0. The van der Waals surface area contributed by atoms with Crippen LogP contribution in [0.4, 0.5) is 0 Å². The summed E-state index contributed by atoms with van der Waals surface area (Å²) in [6.07, 6.45) is 0. The number of phosphoric ester groups is 1. The molecular weight excluding hydrogens is 423 g/mol. The highest BCUT2D eigenvalue weighted by molar-refractivity contribution is 7.48. The number of hydrogen-bond donors (Lipinski definition) is 0. The van der Waals surface area contributed by atoms with E-state index in [2.05, 4.69) is 0 Å². The van der Waals surface area contributed by atoms with E-state index in [1.807, 2.05) is 0 Å². The first-order valence-corrected chi connectivity index (χ1v) is 11.5. The van der Waals surface area contributed by atoms with Crippen LogP contribution in [-0.4, -0.2) is 41.4 Å². The second-order valence-electron chi connectivity index (χ2n) is 9.97. The van der Waals surface area contributed by atoms with Crippen molar-refractivity contribution >= 4 is 31.4 Å². The van der Waals surface area contributed by atoms with Crippen molar-refractivity contribution in [3.63, 3.8) is 0 Å². The second kappa shape index (κ2) is 9.23. The molecule has 8 nitrogen and oxygen atoms in total. The predicted octanol–water partition coefficient (Wildman–Crippen LogP) is 4.68. The minimum Gasteiger partial charge on any atom is -0.460 e. The number of carbonyl (C=O) groups is 2. The van der Waals surface area contributed by atoms with E-state index in [1.165, 1.54) is 0 Å². The van der Waals surface area contributed by atoms with Crippen LogP contribution in [0.2, 0.25) is 0 Å². The molecule has 0 heterocycles. The molecule has 1 aliphatic carbocycles. The average Bonchev–Trinajstić information content (AvgIpc) is 3.14. The van der Waals surface area contributed by atoms with Gasteiger partial charge in [-0.3, -0.25) is 23.2 Å². The first-order valence-electron chi connectivity index (χ1n) is 9.49. The van der Waals surface area contributed by atoms with Crippen LogP contribution in [0.5, 0.6) is 0 Å². The zero-order chi connectivity index (χ0) is 22.8. The van der Waals surface area contributed by atoms with Crippen LogP contribution >= 0.6 is 19.4 Å². The van der Waals surface area contributed by atoms with Crippen molar-refractivity contribution in [3.05, 3.63) is 0 Å². The molecule has 1 aliphatic rings. The number of carbonyl (C=O) groups excluding carboxylic acids is 2. The van der Waals surface area contributed by atoms with Crippen LogP contribution < -0.4 is 0 Å². The van der Waals surface area contributed by atoms with Gasteiger partial charge in [-0.15, -0.1) is 0 Å². The zero-order valence-corrected chi connectivity index (χ0v) is 20.4. The largest absolute Gasteiger partial charge is 0.475 e. The molecule has 0 unspecified atom stereocenters. The Labute approximate surface area is 178 Å². The van der Waals surface area contributed by atoms with Crippen molar-refractivity contribution in [2.75, 3.05) is 12.7 Å². The molecule has 1 rings (SSSR count). The summed E-state index contributed by atoms with van der Waals surface area (Å²) >= 11 is 5.47. The lowest BCUT2D eigenvalue weighted by atomic mass is 10.2. The Balaban J connectivity index is 2.95. The van der Waals surface area contributed by atoms with E-state index in [0.29, 0.717) is 0 Å². The van der Waals surface area contributed by atoms with Gasteiger partial charge >= 0.3 is 19.8 Å². The SMILES string of the molecule is CC(C)(C)OC(=O)[C@@H]1[C@@H](COP(=O)(OC(C)(C)C)OC(C)(C)C)[C@H]1C(=O)OCCl. The zero-order valence-electron chi connectivity index (χ0n) is 18.7. The molecule has 0 bridgehead atoms. The second-order valence-corrected chi connectivity index (χ2v) is 11.7. The van der Waals surface area contributed by atoms with E-state index in [-0.39, 0.29) is 12.7 Å². The first kappa shape index (κ1) is 26.4. The molecule has 0 aliphatic heterocycles. The van der Waals surface area contributed by atoms with Gasteiger partial charge in [0.05, 0.1) is 29.6 Å². The molecule has 0 spiro atoms. The Morgan fingerprint density at radius 3 is 1.66 bits per heavy atom. The predicted molar refractivity (Wildman–Crippen MR) is 108 cm³/mol. The van der Waals surface area contributed by atoms with Crippen molar-refractivity contribution in [3.8, 4) is 0 Å². The van der Waals surface area contributed by atoms with E-state index >= 15 is 0 Å². The molecule has 0 amide bonds. The Bertz CT molecular complexity index is 624. The van der Waals surface area contributed by atoms with Gasteiger partial charge in [0.1, 0.15) is 5.60 Å². The molecule has 0 N–H and O–H groups in total. The molecule has 0 aromatic carbocycles. The van der Waals surface area contributed by atoms with Crippen molar-refractivity contribution in [2.24, 2.45) is 17.8 Å². The van der Waals surface area contributed by atoms with E-state index < -0.39 is 54.3 Å². The average molecular weight is 457 g/mol. The molecule has 3 atom stereocenters. The molecule has 1 fully saturated rings. The third-order valence-electron chi connectivity index (χ3n) is 3.51. The molecule has 0 aromatic rings. The van der Waals surface area contributed by atoms with Crippen LogP contribution in [0.15, 0.2) is 0 Å². The van der Waals surface area contributed by atoms with Gasteiger partial charge < -0.3 is 9.47 Å². The van der Waals surface area contributed by atoms with E-state index in [0.717, 1.165) is 0 Å². The van der Waals surface area contributed by atoms with Crippen LogP contribution in [0.1, 0.15) is 62.3 Å². The van der Waals surface area contributed by atoms with E-state index in [1.54, 1.807) is 62.3 Å². The number of rotatable bonds is 8. The third-order valence-corrected chi connectivity index (χ3v) is 5.63. The van der Waals surface area contributed by atoms with Crippen LogP contribution in [0.3, 0.4) is 0 Å². The topological polar surface area (TPSA) is 97.4 Å². The minimum absolute atomic E-state index is 0.199. The smallest absolute Gasteiger partial charge is 0.460 e. The molecule has 0 aromatic heterocycles. The normalized spacial score (nSPS) is 22.9. The van der Waals surface area contributed by atoms with Gasteiger partial charge in [-0.05, 0) is 62.3 Å². The first-order chi connectivity index (χ1) is 12.9. The number of esters is 2. The lowest BCUT2D eigenvalue weighted by Crippen LogP contribution is -2.26. The summed E-state index contributed by atoms with van der Waals surface area (Å²) in [7, 11) is -3.98. The van der Waals surface area contributed by atoms with Gasteiger partial charge in [-0.25, -0.2) is 4.57 Å². The Morgan fingerprint density at radius 2 is 1.28 bits per heavy atom. The molecular formula is C19H34ClO8P. The monoisotopic (exact) mass is 456 g/mol. The fourth-order valence-corrected chi connectivity index (χ4v) is 4.61. The summed E-state index contributed by atoms with van der Waals surface area (Å²) in [5, 5.41) is 0. The number of alkyl halides is 1. The van der Waals surface area contributed by atoms with Crippen LogP contribution in [-0.2, 0) is 37.2 Å². The fraction of sp³-hybridized carbons (Fsp3) is 0.895. The van der Waals surface area contributed by atoms with Gasteiger partial charge in [0.2, 0.25) is 0 Å². The molecule has 1 saturated carbocycles. The molecule has 170 valence electrons. The number of phosphoric acid groups is 1. The molecule has 29 heavy (non-hydrogen) atoms. The standard InChI is InChI=1S/C19H34ClO8P/c1-17(2,3)26-16(22)14-12(13(14)15(21)24-11-20)10-25-29(23,27-18(4,5)6)28-19(7,8)9/h12-14H,10-11H2,1-9H3/t12-,13+,14+/m0/s1. The van der Waals surface area contributed by atoms with Gasteiger partial charge in [0.25, 0.3) is 0 Å². The van der Waals surface area contributed by atoms with Gasteiger partial charge in [0.15, 0.2) is 6.07 Å². The van der Waals surface area contributed by atoms with Gasteiger partial charge in [0, 0.05) is 5.92 Å². The van der Waals surface area contributed by atoms with Crippen LogP contribution in [0, 0.1) is 17.8 Å². The quantitative estimate of drug-likeness (QED) is 0.295. The Hall–Kier alpha value is -0.660. The van der Waals surface area contributed by atoms with Crippen molar-refractivity contribution in [1.82, 2.24) is 0 Å². The van der Waals surface area contributed by atoms with Crippen molar-refractivity contribution < 1.29 is 37.2 Å². The molecule has 0 saturated heterocycles. The molecule has 10 heteroatoms. The lowest BCUT2D eigenvalue weighted by molar-refractivity contribution is -0.159. The summed E-state index contributed by atoms with van der Waals surface area (Å²) in [5.74, 6) is -3.33. The number of hydrogen-bond acceptors (Lipinski definition) is 8. The van der Waals surface area contributed by atoms with Gasteiger partial charge in [-0.1, -0.05) is 11.6 Å². The van der Waals surface area contributed by atoms with E-state index in [4.69, 9.17) is 34.6 Å². The maximum Gasteiger partial charge on any atom is 0.475 e. The summed E-state index contributed by atoms with van der Waals surface area (Å²) in [4.78, 5) is 24.7. The van der Waals surface area contributed by atoms with Crippen molar-refractivity contribution in [1.29, 1.82) is 0 Å². The molecule has 0 radical (unpaired) electrons. The maximum atomic E-state index is 13.2. The highest BCUT2D eigenvalue weighted by Gasteiger charge is 2.62.